The van der Waals surface area contributed by atoms with E-state index in [-0.39, 0.29) is 6.04 Å². The molecule has 0 spiro atoms. The van der Waals surface area contributed by atoms with Crippen molar-refractivity contribution < 1.29 is 4.74 Å². The molecule has 0 fully saturated rings. The van der Waals surface area contributed by atoms with Gasteiger partial charge in [-0.25, -0.2) is 4.98 Å². The highest BCUT2D eigenvalue weighted by atomic mass is 16.5. The number of methoxy groups -OCH3 is 1. The number of pyridine rings is 1. The lowest BCUT2D eigenvalue weighted by molar-refractivity contribution is 0.163. The Bertz CT molecular complexity index is 509. The van der Waals surface area contributed by atoms with E-state index in [1.807, 2.05) is 19.2 Å². The summed E-state index contributed by atoms with van der Waals surface area (Å²) in [6, 6.07) is 2.20. The normalized spacial score (nSPS) is 12.4. The maximum atomic E-state index is 5.17. The van der Waals surface area contributed by atoms with Crippen molar-refractivity contribution >= 4 is 11.6 Å². The molecule has 0 aliphatic heterocycles. The maximum absolute atomic E-state index is 5.17. The molecule has 0 saturated carbocycles. The van der Waals surface area contributed by atoms with Crippen LogP contribution in [0.3, 0.4) is 0 Å². The molecule has 5 heteroatoms. The van der Waals surface area contributed by atoms with Crippen LogP contribution in [0.15, 0.2) is 30.9 Å². The van der Waals surface area contributed by atoms with Gasteiger partial charge in [-0.2, -0.15) is 0 Å². The van der Waals surface area contributed by atoms with Crippen molar-refractivity contribution in [2.75, 3.05) is 19.0 Å². The Kier molecular flexibility index (Phi) is 3.94. The van der Waals surface area contributed by atoms with Gasteiger partial charge in [0.25, 0.3) is 0 Å². The number of aryl methyl sites for hydroxylation is 1. The van der Waals surface area contributed by atoms with Gasteiger partial charge < -0.3 is 14.6 Å². The fraction of sp³-hybridized carbons (Fsp3) is 0.385. The molecule has 0 radical (unpaired) electrons. The number of hydrogen-bond acceptors (Lipinski definition) is 4. The zero-order valence-electron chi connectivity index (χ0n) is 10.9. The van der Waals surface area contributed by atoms with E-state index in [0.717, 1.165) is 17.2 Å². The van der Waals surface area contributed by atoms with Gasteiger partial charge in [0, 0.05) is 25.7 Å². The molecular formula is C13H18N4O. The Hall–Kier alpha value is -1.88. The number of hydrogen-bond donors (Lipinski definition) is 1. The Morgan fingerprint density at radius 3 is 3.00 bits per heavy atom. The van der Waals surface area contributed by atoms with Crippen LogP contribution in [-0.4, -0.2) is 28.3 Å². The first-order valence-corrected chi connectivity index (χ1v) is 5.91. The van der Waals surface area contributed by atoms with Gasteiger partial charge in [-0.05, 0) is 25.5 Å². The lowest BCUT2D eigenvalue weighted by atomic mass is 10.2. The number of rotatable bonds is 5. The van der Waals surface area contributed by atoms with Crippen molar-refractivity contribution in [2.45, 2.75) is 19.9 Å². The third kappa shape index (κ3) is 2.68. The molecule has 0 aliphatic rings. The van der Waals surface area contributed by atoms with Gasteiger partial charge in [0.05, 0.1) is 24.5 Å². The third-order valence-corrected chi connectivity index (χ3v) is 2.84. The van der Waals surface area contributed by atoms with E-state index < -0.39 is 0 Å². The molecule has 0 bridgehead atoms. The third-order valence-electron chi connectivity index (χ3n) is 2.84. The molecule has 2 aromatic heterocycles. The molecule has 18 heavy (non-hydrogen) atoms. The van der Waals surface area contributed by atoms with Crippen LogP contribution in [0.4, 0.5) is 11.6 Å². The quantitative estimate of drug-likeness (QED) is 0.880. The Morgan fingerprint density at radius 1 is 1.44 bits per heavy atom. The van der Waals surface area contributed by atoms with E-state index in [9.17, 15) is 0 Å². The molecule has 2 aromatic rings. The van der Waals surface area contributed by atoms with Crippen molar-refractivity contribution in [2.24, 2.45) is 0 Å². The summed E-state index contributed by atoms with van der Waals surface area (Å²) >= 11 is 0. The molecule has 96 valence electrons. The Balaban J connectivity index is 2.20. The number of nitrogens with zero attached hydrogens (tertiary/aromatic N) is 3. The minimum atomic E-state index is 0.233. The molecule has 0 aromatic carbocycles. The smallest absolute Gasteiger partial charge is 0.207 e. The SMILES string of the molecule is COCC(C)n1ccnc1Nc1cnccc1C. The van der Waals surface area contributed by atoms with E-state index in [4.69, 9.17) is 4.74 Å². The van der Waals surface area contributed by atoms with Crippen molar-refractivity contribution in [3.05, 3.63) is 36.4 Å². The highest BCUT2D eigenvalue weighted by Gasteiger charge is 2.10. The summed E-state index contributed by atoms with van der Waals surface area (Å²) in [6.45, 7) is 4.78. The number of aromatic nitrogens is 3. The average molecular weight is 246 g/mol. The van der Waals surface area contributed by atoms with Gasteiger partial charge in [-0.15, -0.1) is 0 Å². The van der Waals surface area contributed by atoms with Crippen molar-refractivity contribution in [1.82, 2.24) is 14.5 Å². The van der Waals surface area contributed by atoms with Gasteiger partial charge in [0.1, 0.15) is 0 Å². The number of anilines is 2. The first-order chi connectivity index (χ1) is 8.72. The summed E-state index contributed by atoms with van der Waals surface area (Å²) in [6.07, 6.45) is 7.30. The predicted molar refractivity (Wildman–Crippen MR) is 71.1 cm³/mol. The van der Waals surface area contributed by atoms with Gasteiger partial charge in [-0.1, -0.05) is 0 Å². The molecule has 2 rings (SSSR count). The highest BCUT2D eigenvalue weighted by molar-refractivity contribution is 5.56. The van der Waals surface area contributed by atoms with Crippen molar-refractivity contribution in [1.29, 1.82) is 0 Å². The molecule has 0 amide bonds. The van der Waals surface area contributed by atoms with E-state index in [1.165, 1.54) is 0 Å². The molecular weight excluding hydrogens is 228 g/mol. The summed E-state index contributed by atoms with van der Waals surface area (Å²) in [5, 5.41) is 3.29. The van der Waals surface area contributed by atoms with Crippen LogP contribution < -0.4 is 5.32 Å². The van der Waals surface area contributed by atoms with E-state index in [0.29, 0.717) is 6.61 Å². The lowest BCUT2D eigenvalue weighted by Crippen LogP contribution is -2.13. The van der Waals surface area contributed by atoms with Crippen LogP contribution in [-0.2, 0) is 4.74 Å². The first kappa shape index (κ1) is 12.6. The number of imidazole rings is 1. The second kappa shape index (κ2) is 5.64. The number of ether oxygens (including phenoxy) is 1. The van der Waals surface area contributed by atoms with Crippen LogP contribution in [0.1, 0.15) is 18.5 Å². The van der Waals surface area contributed by atoms with Crippen LogP contribution >= 0.6 is 0 Å². The topological polar surface area (TPSA) is 52.0 Å². The fourth-order valence-corrected chi connectivity index (χ4v) is 1.80. The monoisotopic (exact) mass is 246 g/mol. The zero-order valence-corrected chi connectivity index (χ0v) is 10.9. The van der Waals surface area contributed by atoms with Gasteiger partial charge in [0.2, 0.25) is 5.95 Å². The summed E-state index contributed by atoms with van der Waals surface area (Å²) in [5.74, 6) is 0.802. The number of nitrogens with one attached hydrogen (secondary N) is 1. The first-order valence-electron chi connectivity index (χ1n) is 5.91. The second-order valence-corrected chi connectivity index (χ2v) is 4.28. The molecule has 0 aliphatic carbocycles. The van der Waals surface area contributed by atoms with Crippen LogP contribution in [0.5, 0.6) is 0 Å². The molecule has 0 saturated heterocycles. The van der Waals surface area contributed by atoms with E-state index >= 15 is 0 Å². The van der Waals surface area contributed by atoms with Gasteiger partial charge >= 0.3 is 0 Å². The molecule has 1 atom stereocenters. The molecule has 1 N–H and O–H groups in total. The maximum Gasteiger partial charge on any atom is 0.207 e. The summed E-state index contributed by atoms with van der Waals surface area (Å²) in [7, 11) is 1.70. The summed E-state index contributed by atoms with van der Waals surface area (Å²) in [4.78, 5) is 8.44. The Labute approximate surface area is 107 Å². The van der Waals surface area contributed by atoms with E-state index in [2.05, 4.69) is 26.8 Å². The minimum Gasteiger partial charge on any atom is -0.383 e. The standard InChI is InChI=1S/C13H18N4O/c1-10-4-5-14-8-12(10)16-13-15-6-7-17(13)11(2)9-18-3/h4-8,11H,9H2,1-3H3,(H,15,16). The Morgan fingerprint density at radius 2 is 2.28 bits per heavy atom. The molecule has 1 unspecified atom stereocenters. The van der Waals surface area contributed by atoms with Crippen LogP contribution in [0.2, 0.25) is 0 Å². The zero-order chi connectivity index (χ0) is 13.0. The van der Waals surface area contributed by atoms with Crippen LogP contribution in [0, 0.1) is 6.92 Å². The minimum absolute atomic E-state index is 0.233. The lowest BCUT2D eigenvalue weighted by Gasteiger charge is -2.16. The second-order valence-electron chi connectivity index (χ2n) is 4.28. The summed E-state index contributed by atoms with van der Waals surface area (Å²) in [5.41, 5.74) is 2.11. The van der Waals surface area contributed by atoms with Crippen LogP contribution in [0.25, 0.3) is 0 Å². The van der Waals surface area contributed by atoms with Crippen molar-refractivity contribution in [3.63, 3.8) is 0 Å². The van der Waals surface area contributed by atoms with Crippen molar-refractivity contribution in [3.8, 4) is 0 Å². The van der Waals surface area contributed by atoms with Gasteiger partial charge in [0.15, 0.2) is 0 Å². The largest absolute Gasteiger partial charge is 0.383 e. The fourth-order valence-electron chi connectivity index (χ4n) is 1.80. The van der Waals surface area contributed by atoms with Gasteiger partial charge in [-0.3, -0.25) is 4.98 Å². The average Bonchev–Trinajstić information content (AvgIpc) is 2.81. The molecule has 2 heterocycles. The predicted octanol–water partition coefficient (Wildman–Crippen LogP) is 2.54. The molecule has 5 nitrogen and oxygen atoms in total. The highest BCUT2D eigenvalue weighted by Crippen LogP contribution is 2.20. The van der Waals surface area contributed by atoms with E-state index in [1.54, 1.807) is 25.7 Å². The summed E-state index contributed by atoms with van der Waals surface area (Å²) < 4.78 is 7.22.